The van der Waals surface area contributed by atoms with E-state index in [9.17, 15) is 4.79 Å². The van der Waals surface area contributed by atoms with Gasteiger partial charge in [0, 0.05) is 26.2 Å². The van der Waals surface area contributed by atoms with Gasteiger partial charge in [-0.3, -0.25) is 9.78 Å². The van der Waals surface area contributed by atoms with Crippen molar-refractivity contribution in [3.8, 4) is 0 Å². The van der Waals surface area contributed by atoms with Crippen LogP contribution in [0.5, 0.6) is 0 Å². The molecule has 8 nitrogen and oxygen atoms in total. The van der Waals surface area contributed by atoms with Crippen molar-refractivity contribution in [3.63, 3.8) is 0 Å². The van der Waals surface area contributed by atoms with Crippen LogP contribution in [0.4, 0.5) is 5.82 Å². The van der Waals surface area contributed by atoms with E-state index in [1.54, 1.807) is 16.9 Å². The van der Waals surface area contributed by atoms with Gasteiger partial charge in [0.25, 0.3) is 5.91 Å². The van der Waals surface area contributed by atoms with Crippen LogP contribution in [0.1, 0.15) is 17.2 Å². The van der Waals surface area contributed by atoms with Gasteiger partial charge in [-0.25, -0.2) is 4.98 Å². The smallest absolute Gasteiger partial charge is 0.256 e. The molecule has 1 atom stereocenters. The highest BCUT2D eigenvalue weighted by Gasteiger charge is 2.32. The Kier molecular flexibility index (Phi) is 3.97. The third-order valence-electron chi connectivity index (χ3n) is 5.30. The van der Waals surface area contributed by atoms with E-state index >= 15 is 0 Å². The zero-order valence-corrected chi connectivity index (χ0v) is 14.9. The number of hydrogen-bond donors (Lipinski definition) is 0. The molecule has 0 bridgehead atoms. The lowest BCUT2D eigenvalue weighted by Gasteiger charge is -2.38. The van der Waals surface area contributed by atoms with Crippen molar-refractivity contribution in [2.75, 3.05) is 37.7 Å². The summed E-state index contributed by atoms with van der Waals surface area (Å²) in [6, 6.07) is 8.08. The van der Waals surface area contributed by atoms with Crippen molar-refractivity contribution in [2.45, 2.75) is 12.5 Å². The number of rotatable bonds is 2. The molecule has 0 N–H and O–H groups in total. The van der Waals surface area contributed by atoms with Crippen molar-refractivity contribution in [2.24, 2.45) is 0 Å². The molecule has 8 heteroatoms. The highest BCUT2D eigenvalue weighted by molar-refractivity contribution is 5.83. The number of carbonyl (C=O) groups is 1. The number of benzene rings is 1. The fourth-order valence-corrected chi connectivity index (χ4v) is 3.88. The lowest BCUT2D eigenvalue weighted by Crippen LogP contribution is -2.51. The molecule has 2 aromatic heterocycles. The molecule has 0 radical (unpaired) electrons. The summed E-state index contributed by atoms with van der Waals surface area (Å²) in [5.74, 6) is 0.954. The average molecular weight is 364 g/mol. The first-order valence-electron chi connectivity index (χ1n) is 9.18. The number of aromatic nitrogens is 4. The molecule has 1 saturated heterocycles. The molecule has 1 fully saturated rings. The summed E-state index contributed by atoms with van der Waals surface area (Å²) in [5.41, 5.74) is 2.94. The molecule has 0 saturated carbocycles. The van der Waals surface area contributed by atoms with E-state index < -0.39 is 6.10 Å². The Morgan fingerprint density at radius 2 is 1.96 bits per heavy atom. The van der Waals surface area contributed by atoms with E-state index in [1.165, 1.54) is 11.9 Å². The number of amides is 1. The SMILES string of the molecule is O=C(C1OCCc2ccccc21)N1CCN(c2cncc3ncnn23)CC1. The summed E-state index contributed by atoms with van der Waals surface area (Å²) in [5, 5.41) is 4.27. The normalized spacial score (nSPS) is 19.9. The van der Waals surface area contributed by atoms with Crippen LogP contribution in [-0.4, -0.2) is 63.2 Å². The second kappa shape index (κ2) is 6.62. The van der Waals surface area contributed by atoms with Gasteiger partial charge in [0.2, 0.25) is 0 Å². The Morgan fingerprint density at radius 3 is 2.85 bits per heavy atom. The number of carbonyl (C=O) groups excluding carboxylic acids is 1. The van der Waals surface area contributed by atoms with E-state index in [1.807, 2.05) is 23.1 Å². The van der Waals surface area contributed by atoms with Crippen molar-refractivity contribution in [1.82, 2.24) is 24.5 Å². The van der Waals surface area contributed by atoms with Crippen LogP contribution in [0.15, 0.2) is 43.0 Å². The van der Waals surface area contributed by atoms with Crippen molar-refractivity contribution >= 4 is 17.4 Å². The topological polar surface area (TPSA) is 75.9 Å². The van der Waals surface area contributed by atoms with Gasteiger partial charge in [-0.1, -0.05) is 24.3 Å². The molecule has 0 spiro atoms. The summed E-state index contributed by atoms with van der Waals surface area (Å²) in [4.78, 5) is 25.6. The Hall–Kier alpha value is -3.00. The number of hydrogen-bond acceptors (Lipinski definition) is 6. The largest absolute Gasteiger partial charge is 0.363 e. The molecule has 3 aromatic rings. The Labute approximate surface area is 156 Å². The zero-order valence-electron chi connectivity index (χ0n) is 14.9. The molecule has 1 amide bonds. The molecule has 4 heterocycles. The minimum atomic E-state index is -0.484. The van der Waals surface area contributed by atoms with Gasteiger partial charge in [-0.2, -0.15) is 9.61 Å². The molecule has 1 unspecified atom stereocenters. The zero-order chi connectivity index (χ0) is 18.2. The Balaban J connectivity index is 1.31. The maximum absolute atomic E-state index is 13.1. The van der Waals surface area contributed by atoms with E-state index in [-0.39, 0.29) is 5.91 Å². The first kappa shape index (κ1) is 16.2. The van der Waals surface area contributed by atoms with Gasteiger partial charge < -0.3 is 14.5 Å². The van der Waals surface area contributed by atoms with Gasteiger partial charge in [0.15, 0.2) is 17.6 Å². The molecule has 27 heavy (non-hydrogen) atoms. The Morgan fingerprint density at radius 1 is 1.11 bits per heavy atom. The van der Waals surface area contributed by atoms with Crippen LogP contribution in [0, 0.1) is 0 Å². The van der Waals surface area contributed by atoms with Crippen LogP contribution in [-0.2, 0) is 16.0 Å². The summed E-state index contributed by atoms with van der Waals surface area (Å²) in [6.45, 7) is 3.33. The standard InChI is InChI=1S/C19H20N6O2/c26-19(18-15-4-2-1-3-14(15)5-10-27-18)24-8-6-23(7-9-24)17-12-20-11-16-21-13-22-25(16)17/h1-4,11-13,18H,5-10H2. The fourth-order valence-electron chi connectivity index (χ4n) is 3.88. The second-order valence-electron chi connectivity index (χ2n) is 6.81. The third kappa shape index (κ3) is 2.82. The summed E-state index contributed by atoms with van der Waals surface area (Å²) in [7, 11) is 0. The maximum Gasteiger partial charge on any atom is 0.256 e. The predicted octanol–water partition coefficient (Wildman–Crippen LogP) is 1.09. The predicted molar refractivity (Wildman–Crippen MR) is 98.4 cm³/mol. The van der Waals surface area contributed by atoms with Crippen molar-refractivity contribution in [1.29, 1.82) is 0 Å². The van der Waals surface area contributed by atoms with E-state index in [2.05, 4.69) is 26.0 Å². The summed E-state index contributed by atoms with van der Waals surface area (Å²) >= 11 is 0. The summed E-state index contributed by atoms with van der Waals surface area (Å²) in [6.07, 6.45) is 5.39. The molecule has 1 aromatic carbocycles. The first-order chi connectivity index (χ1) is 13.3. The van der Waals surface area contributed by atoms with Crippen LogP contribution < -0.4 is 4.90 Å². The lowest BCUT2D eigenvalue weighted by molar-refractivity contribution is -0.145. The monoisotopic (exact) mass is 364 g/mol. The van der Waals surface area contributed by atoms with Crippen molar-refractivity contribution in [3.05, 3.63) is 54.1 Å². The quantitative estimate of drug-likeness (QED) is 0.678. The first-order valence-corrected chi connectivity index (χ1v) is 9.18. The highest BCUT2D eigenvalue weighted by atomic mass is 16.5. The molecular weight excluding hydrogens is 344 g/mol. The molecule has 0 aliphatic carbocycles. The van der Waals surface area contributed by atoms with Gasteiger partial charge in [0.1, 0.15) is 6.33 Å². The lowest BCUT2D eigenvalue weighted by atomic mass is 9.96. The highest BCUT2D eigenvalue weighted by Crippen LogP contribution is 2.29. The molecule has 5 rings (SSSR count). The number of anilines is 1. The molecular formula is C19H20N6O2. The summed E-state index contributed by atoms with van der Waals surface area (Å²) < 4.78 is 7.62. The average Bonchev–Trinajstić information content (AvgIpc) is 3.22. The van der Waals surface area contributed by atoms with Crippen LogP contribution in [0.3, 0.4) is 0 Å². The molecule has 2 aliphatic rings. The molecule has 2 aliphatic heterocycles. The third-order valence-corrected chi connectivity index (χ3v) is 5.30. The number of piperazine rings is 1. The second-order valence-corrected chi connectivity index (χ2v) is 6.81. The van der Waals surface area contributed by atoms with Crippen LogP contribution in [0.25, 0.3) is 5.65 Å². The number of fused-ring (bicyclic) bond motifs is 2. The number of nitrogens with zero attached hydrogens (tertiary/aromatic N) is 6. The van der Waals surface area contributed by atoms with Gasteiger partial charge in [-0.15, -0.1) is 0 Å². The van der Waals surface area contributed by atoms with Gasteiger partial charge >= 0.3 is 0 Å². The fraction of sp³-hybridized carbons (Fsp3) is 0.368. The van der Waals surface area contributed by atoms with E-state index in [0.29, 0.717) is 19.7 Å². The number of ether oxygens (including phenoxy) is 1. The van der Waals surface area contributed by atoms with Crippen molar-refractivity contribution < 1.29 is 9.53 Å². The van der Waals surface area contributed by atoms with Crippen LogP contribution >= 0.6 is 0 Å². The Bertz CT molecular complexity index is 979. The van der Waals surface area contributed by atoms with Gasteiger partial charge in [0.05, 0.1) is 19.0 Å². The maximum atomic E-state index is 13.1. The molecule has 138 valence electrons. The minimum absolute atomic E-state index is 0.0545. The van der Waals surface area contributed by atoms with E-state index in [4.69, 9.17) is 4.74 Å². The van der Waals surface area contributed by atoms with Gasteiger partial charge in [-0.05, 0) is 17.5 Å². The van der Waals surface area contributed by atoms with Crippen LogP contribution in [0.2, 0.25) is 0 Å². The van der Waals surface area contributed by atoms with E-state index in [0.717, 1.165) is 36.5 Å². The minimum Gasteiger partial charge on any atom is -0.363 e.